The van der Waals surface area contributed by atoms with Crippen LogP contribution in [-0.4, -0.2) is 24.7 Å². The smallest absolute Gasteiger partial charge is 0.290 e. The zero-order valence-corrected chi connectivity index (χ0v) is 8.51. The number of hydrogen-bond donors (Lipinski definition) is 1. The molecule has 0 bridgehead atoms. The molecule has 0 saturated heterocycles. The Bertz CT molecular complexity index is 513. The Kier molecular flexibility index (Phi) is 2.32. The lowest BCUT2D eigenvalue weighted by Gasteiger charge is -1.98. The number of nitrogens with zero attached hydrogens (tertiary/aromatic N) is 4. The van der Waals surface area contributed by atoms with E-state index in [0.29, 0.717) is 5.82 Å². The van der Waals surface area contributed by atoms with Gasteiger partial charge in [0.05, 0.1) is 0 Å². The lowest BCUT2D eigenvalue weighted by atomic mass is 10.2. The number of nitrogens with one attached hydrogen (secondary N) is 1. The third kappa shape index (κ3) is 1.93. The van der Waals surface area contributed by atoms with Crippen molar-refractivity contribution in [3.8, 4) is 5.82 Å². The molecule has 0 aliphatic carbocycles. The zero-order valence-electron chi connectivity index (χ0n) is 8.51. The molecule has 0 amide bonds. The number of H-pyrrole nitrogens is 1. The summed E-state index contributed by atoms with van der Waals surface area (Å²) in [5.41, 5.74) is -0.394. The predicted octanol–water partition coefficient (Wildman–Crippen LogP) is 0.474. The lowest BCUT2D eigenvalue weighted by Crippen LogP contribution is -2.13. The maximum atomic E-state index is 11.0. The summed E-state index contributed by atoms with van der Waals surface area (Å²) >= 11 is 0. The largest absolute Gasteiger partial charge is 0.346 e. The molecule has 0 aliphatic rings. The predicted molar refractivity (Wildman–Crippen MR) is 53.9 cm³/mol. The summed E-state index contributed by atoms with van der Waals surface area (Å²) in [5, 5.41) is 4.23. The van der Waals surface area contributed by atoms with E-state index in [1.807, 2.05) is 13.8 Å². The molecule has 0 aliphatic heterocycles. The van der Waals surface area contributed by atoms with E-state index in [-0.39, 0.29) is 5.92 Å². The van der Waals surface area contributed by atoms with Gasteiger partial charge in [-0.25, -0.2) is 19.4 Å². The Morgan fingerprint density at radius 3 is 2.80 bits per heavy atom. The highest BCUT2D eigenvalue weighted by molar-refractivity contribution is 5.16. The minimum atomic E-state index is -0.394. The van der Waals surface area contributed by atoms with E-state index in [9.17, 15) is 4.79 Å². The van der Waals surface area contributed by atoms with E-state index in [1.54, 1.807) is 12.4 Å². The molecule has 2 heterocycles. The molecule has 0 fully saturated rings. The van der Waals surface area contributed by atoms with Gasteiger partial charge in [0.15, 0.2) is 5.82 Å². The molecule has 0 spiro atoms. The van der Waals surface area contributed by atoms with Crippen molar-refractivity contribution in [2.75, 3.05) is 0 Å². The Balaban J connectivity index is 2.41. The Morgan fingerprint density at radius 1 is 1.40 bits per heavy atom. The fourth-order valence-corrected chi connectivity index (χ4v) is 1.15. The third-order valence-electron chi connectivity index (χ3n) is 1.93. The van der Waals surface area contributed by atoms with Crippen LogP contribution in [0, 0.1) is 0 Å². The second kappa shape index (κ2) is 3.64. The summed E-state index contributed by atoms with van der Waals surface area (Å²) < 4.78 is 1.53. The van der Waals surface area contributed by atoms with E-state index >= 15 is 0 Å². The average Bonchev–Trinajstić information content (AvgIpc) is 2.66. The lowest BCUT2D eigenvalue weighted by molar-refractivity contribution is 0.743. The highest BCUT2D eigenvalue weighted by atomic mass is 16.1. The molecular weight excluding hydrogens is 194 g/mol. The summed E-state index contributed by atoms with van der Waals surface area (Å²) in [4.78, 5) is 21.2. The van der Waals surface area contributed by atoms with Gasteiger partial charge in [-0.1, -0.05) is 13.8 Å². The van der Waals surface area contributed by atoms with E-state index in [1.165, 1.54) is 10.9 Å². The monoisotopic (exact) mass is 205 g/mol. The van der Waals surface area contributed by atoms with Crippen molar-refractivity contribution in [3.63, 3.8) is 0 Å². The Morgan fingerprint density at radius 2 is 2.20 bits per heavy atom. The maximum Gasteiger partial charge on any atom is 0.346 e. The van der Waals surface area contributed by atoms with Crippen LogP contribution in [0.3, 0.4) is 0 Å². The molecule has 2 aromatic heterocycles. The first-order valence-corrected chi connectivity index (χ1v) is 4.64. The van der Waals surface area contributed by atoms with Gasteiger partial charge >= 0.3 is 5.69 Å². The number of rotatable bonds is 2. The molecule has 78 valence electrons. The fraction of sp³-hybridized carbons (Fsp3) is 0.333. The highest BCUT2D eigenvalue weighted by Crippen LogP contribution is 2.08. The summed E-state index contributed by atoms with van der Waals surface area (Å²) in [7, 11) is 0. The van der Waals surface area contributed by atoms with Crippen molar-refractivity contribution in [2.45, 2.75) is 19.8 Å². The van der Waals surface area contributed by atoms with Gasteiger partial charge in [-0.15, -0.1) is 5.10 Å². The van der Waals surface area contributed by atoms with Gasteiger partial charge < -0.3 is 0 Å². The highest BCUT2D eigenvalue weighted by Gasteiger charge is 2.06. The summed E-state index contributed by atoms with van der Waals surface area (Å²) in [6.45, 7) is 4.02. The average molecular weight is 205 g/mol. The molecule has 6 heteroatoms. The van der Waals surface area contributed by atoms with Crippen molar-refractivity contribution >= 4 is 0 Å². The van der Waals surface area contributed by atoms with Crippen molar-refractivity contribution in [3.05, 3.63) is 34.9 Å². The molecule has 0 aromatic carbocycles. The molecular formula is C9H11N5O. The molecule has 15 heavy (non-hydrogen) atoms. The van der Waals surface area contributed by atoms with Gasteiger partial charge in [-0.05, 0) is 6.07 Å². The first-order chi connectivity index (χ1) is 7.16. The van der Waals surface area contributed by atoms with Crippen LogP contribution in [0.4, 0.5) is 0 Å². The molecule has 2 aromatic rings. The number of aromatic nitrogens is 5. The second-order valence-electron chi connectivity index (χ2n) is 3.46. The van der Waals surface area contributed by atoms with Crippen LogP contribution in [0.5, 0.6) is 0 Å². The third-order valence-corrected chi connectivity index (χ3v) is 1.93. The molecule has 0 atom stereocenters. The zero-order chi connectivity index (χ0) is 10.8. The molecule has 0 radical (unpaired) electrons. The van der Waals surface area contributed by atoms with Gasteiger partial charge in [0.2, 0.25) is 0 Å². The molecule has 0 unspecified atom stereocenters. The minimum absolute atomic E-state index is 0.264. The van der Waals surface area contributed by atoms with Gasteiger partial charge in [0.1, 0.15) is 12.1 Å². The van der Waals surface area contributed by atoms with Crippen LogP contribution in [-0.2, 0) is 0 Å². The quantitative estimate of drug-likeness (QED) is 0.773. The molecule has 0 saturated carbocycles. The maximum absolute atomic E-state index is 11.0. The van der Waals surface area contributed by atoms with Gasteiger partial charge in [0.25, 0.3) is 0 Å². The molecule has 6 nitrogen and oxygen atoms in total. The SMILES string of the molecule is CC(C)c1ncn(-c2ccnc(=O)[nH]2)n1. The topological polar surface area (TPSA) is 76.5 Å². The van der Waals surface area contributed by atoms with E-state index in [0.717, 1.165) is 5.82 Å². The van der Waals surface area contributed by atoms with Crippen LogP contribution in [0.1, 0.15) is 25.6 Å². The van der Waals surface area contributed by atoms with Crippen LogP contribution < -0.4 is 5.69 Å². The number of aromatic amines is 1. The van der Waals surface area contributed by atoms with Crippen molar-refractivity contribution in [1.29, 1.82) is 0 Å². The van der Waals surface area contributed by atoms with Crippen molar-refractivity contribution < 1.29 is 0 Å². The fourth-order valence-electron chi connectivity index (χ4n) is 1.15. The van der Waals surface area contributed by atoms with Crippen LogP contribution in [0.15, 0.2) is 23.4 Å². The standard InChI is InChI=1S/C9H11N5O/c1-6(2)8-11-5-14(13-8)7-3-4-10-9(15)12-7/h3-6H,1-2H3,(H,10,12,15). The summed E-state index contributed by atoms with van der Waals surface area (Å²) in [5.74, 6) is 1.57. The van der Waals surface area contributed by atoms with Crippen LogP contribution >= 0.6 is 0 Å². The van der Waals surface area contributed by atoms with Crippen molar-refractivity contribution in [2.24, 2.45) is 0 Å². The van der Waals surface area contributed by atoms with Crippen LogP contribution in [0.25, 0.3) is 5.82 Å². The van der Waals surface area contributed by atoms with Gasteiger partial charge in [-0.2, -0.15) is 0 Å². The number of hydrogen-bond acceptors (Lipinski definition) is 4. The first-order valence-electron chi connectivity index (χ1n) is 4.64. The summed E-state index contributed by atoms with van der Waals surface area (Å²) in [6, 6.07) is 1.67. The van der Waals surface area contributed by atoms with Gasteiger partial charge in [-0.3, -0.25) is 4.98 Å². The van der Waals surface area contributed by atoms with Crippen molar-refractivity contribution in [1.82, 2.24) is 24.7 Å². The first kappa shape index (κ1) is 9.57. The molecule has 1 N–H and O–H groups in total. The van der Waals surface area contributed by atoms with Crippen LogP contribution in [0.2, 0.25) is 0 Å². The normalized spacial score (nSPS) is 10.9. The van der Waals surface area contributed by atoms with E-state index < -0.39 is 5.69 Å². The Labute approximate surface area is 86.0 Å². The van der Waals surface area contributed by atoms with E-state index in [4.69, 9.17) is 0 Å². The minimum Gasteiger partial charge on any atom is -0.290 e. The Hall–Kier alpha value is -1.98. The second-order valence-corrected chi connectivity index (χ2v) is 3.46. The molecule has 2 rings (SSSR count). The summed E-state index contributed by atoms with van der Waals surface area (Å²) in [6.07, 6.45) is 3.01. The van der Waals surface area contributed by atoms with Gasteiger partial charge in [0, 0.05) is 12.1 Å². The van der Waals surface area contributed by atoms with E-state index in [2.05, 4.69) is 20.1 Å².